The van der Waals surface area contributed by atoms with Crippen molar-refractivity contribution in [2.75, 3.05) is 5.32 Å². The summed E-state index contributed by atoms with van der Waals surface area (Å²) in [5.74, 6) is 1.70. The van der Waals surface area contributed by atoms with Gasteiger partial charge in [0.25, 0.3) is 5.91 Å². The number of amides is 1. The fourth-order valence-electron chi connectivity index (χ4n) is 3.43. The molecule has 0 spiro atoms. The zero-order chi connectivity index (χ0) is 18.1. The minimum atomic E-state index is -0.234. The molecule has 0 saturated heterocycles. The van der Waals surface area contributed by atoms with E-state index in [0.717, 1.165) is 42.9 Å². The van der Waals surface area contributed by atoms with Crippen LogP contribution in [-0.2, 0) is 13.0 Å². The summed E-state index contributed by atoms with van der Waals surface area (Å²) < 4.78 is 7.24. The van der Waals surface area contributed by atoms with Crippen molar-refractivity contribution in [1.82, 2.24) is 14.7 Å². The lowest BCUT2D eigenvalue weighted by Gasteiger charge is -2.09. The third-order valence-corrected chi connectivity index (χ3v) is 4.76. The Hall–Kier alpha value is -2.89. The molecule has 1 N–H and O–H groups in total. The zero-order valence-electron chi connectivity index (χ0n) is 15.1. The maximum atomic E-state index is 12.8. The normalized spacial score (nSPS) is 13.9. The Labute approximate surface area is 152 Å². The molecule has 134 valence electrons. The number of fused-ring (bicyclic) bond motifs is 1. The Kier molecular flexibility index (Phi) is 4.32. The molecular weight excluding hydrogens is 328 g/mol. The van der Waals surface area contributed by atoms with E-state index in [1.54, 1.807) is 13.0 Å². The molecule has 4 rings (SSSR count). The van der Waals surface area contributed by atoms with Gasteiger partial charge in [0.15, 0.2) is 5.82 Å². The number of nitrogens with zero attached hydrogens (tertiary/aromatic N) is 3. The number of carbonyl (C=O) groups is 1. The highest BCUT2D eigenvalue weighted by atomic mass is 16.5. The smallest absolute Gasteiger partial charge is 0.277 e. The van der Waals surface area contributed by atoms with Crippen molar-refractivity contribution in [3.05, 3.63) is 53.0 Å². The molecular formula is C20H22N4O2. The number of aromatic nitrogens is 3. The van der Waals surface area contributed by atoms with E-state index in [0.29, 0.717) is 17.3 Å². The zero-order valence-corrected chi connectivity index (χ0v) is 15.1. The van der Waals surface area contributed by atoms with Crippen molar-refractivity contribution in [2.24, 2.45) is 0 Å². The molecule has 2 aromatic heterocycles. The molecule has 1 amide bonds. The van der Waals surface area contributed by atoms with Crippen LogP contribution in [0.3, 0.4) is 0 Å². The number of carbonyl (C=O) groups excluding carboxylic acids is 1. The van der Waals surface area contributed by atoms with Gasteiger partial charge in [0.05, 0.1) is 5.69 Å². The molecule has 0 saturated carbocycles. The third-order valence-electron chi connectivity index (χ3n) is 4.76. The second kappa shape index (κ2) is 6.78. The van der Waals surface area contributed by atoms with Gasteiger partial charge in [-0.2, -0.15) is 0 Å². The SMILES string of the molecule is Cc1ccc(-c2nc(C(=O)Nc3cc(C)on3)c3n2CCCCC3)cc1. The monoisotopic (exact) mass is 350 g/mol. The second-order valence-electron chi connectivity index (χ2n) is 6.84. The highest BCUT2D eigenvalue weighted by molar-refractivity contribution is 6.03. The molecule has 1 aliphatic rings. The summed E-state index contributed by atoms with van der Waals surface area (Å²) in [7, 11) is 0. The lowest BCUT2D eigenvalue weighted by molar-refractivity contribution is 0.102. The van der Waals surface area contributed by atoms with Crippen LogP contribution >= 0.6 is 0 Å². The molecule has 6 heteroatoms. The molecule has 3 aromatic rings. The van der Waals surface area contributed by atoms with Crippen molar-refractivity contribution in [2.45, 2.75) is 46.1 Å². The number of anilines is 1. The van der Waals surface area contributed by atoms with Crippen molar-refractivity contribution >= 4 is 11.7 Å². The third kappa shape index (κ3) is 3.14. The van der Waals surface area contributed by atoms with Crippen LogP contribution in [0.15, 0.2) is 34.9 Å². The first kappa shape index (κ1) is 16.6. The first-order chi connectivity index (χ1) is 12.6. The van der Waals surface area contributed by atoms with Crippen molar-refractivity contribution < 1.29 is 9.32 Å². The molecule has 0 radical (unpaired) electrons. The Morgan fingerprint density at radius 2 is 1.96 bits per heavy atom. The van der Waals surface area contributed by atoms with Gasteiger partial charge < -0.3 is 14.4 Å². The van der Waals surface area contributed by atoms with Crippen LogP contribution < -0.4 is 5.32 Å². The number of hydrogen-bond donors (Lipinski definition) is 1. The lowest BCUT2D eigenvalue weighted by Crippen LogP contribution is -2.15. The van der Waals surface area contributed by atoms with Crippen LogP contribution in [0.5, 0.6) is 0 Å². The molecule has 1 aliphatic heterocycles. The second-order valence-corrected chi connectivity index (χ2v) is 6.84. The molecule has 0 aliphatic carbocycles. The first-order valence-electron chi connectivity index (χ1n) is 9.03. The Bertz CT molecular complexity index is 937. The van der Waals surface area contributed by atoms with Gasteiger partial charge in [-0.15, -0.1) is 0 Å². The van der Waals surface area contributed by atoms with E-state index in [2.05, 4.69) is 46.2 Å². The van der Waals surface area contributed by atoms with Crippen LogP contribution in [0.25, 0.3) is 11.4 Å². The number of aryl methyl sites for hydroxylation is 2. The first-order valence-corrected chi connectivity index (χ1v) is 9.03. The molecule has 0 bridgehead atoms. The van der Waals surface area contributed by atoms with E-state index < -0.39 is 0 Å². The molecule has 26 heavy (non-hydrogen) atoms. The molecule has 6 nitrogen and oxygen atoms in total. The van der Waals surface area contributed by atoms with E-state index in [4.69, 9.17) is 9.51 Å². The van der Waals surface area contributed by atoms with Gasteiger partial charge in [0.2, 0.25) is 0 Å². The summed E-state index contributed by atoms with van der Waals surface area (Å²) in [5, 5.41) is 6.65. The summed E-state index contributed by atoms with van der Waals surface area (Å²) in [5.41, 5.74) is 3.74. The summed E-state index contributed by atoms with van der Waals surface area (Å²) in [6.07, 6.45) is 4.20. The maximum Gasteiger partial charge on any atom is 0.277 e. The standard InChI is InChI=1S/C20H22N4O2/c1-13-7-9-15(10-8-13)19-22-18(16-6-4-3-5-11-24(16)19)20(25)21-17-12-14(2)26-23-17/h7-10,12H,3-6,11H2,1-2H3,(H,21,23,25). The predicted octanol–water partition coefficient (Wildman–Crippen LogP) is 4.13. The number of hydrogen-bond acceptors (Lipinski definition) is 4. The minimum Gasteiger partial charge on any atom is -0.360 e. The Balaban J connectivity index is 1.74. The predicted molar refractivity (Wildman–Crippen MR) is 99.1 cm³/mol. The fraction of sp³-hybridized carbons (Fsp3) is 0.350. The van der Waals surface area contributed by atoms with E-state index in [9.17, 15) is 4.79 Å². The minimum absolute atomic E-state index is 0.234. The van der Waals surface area contributed by atoms with Crippen molar-refractivity contribution in [1.29, 1.82) is 0 Å². The van der Waals surface area contributed by atoms with Crippen LogP contribution in [0.4, 0.5) is 5.82 Å². The van der Waals surface area contributed by atoms with E-state index >= 15 is 0 Å². The Morgan fingerprint density at radius 1 is 1.15 bits per heavy atom. The summed E-state index contributed by atoms with van der Waals surface area (Å²) in [6, 6.07) is 9.99. The molecule has 0 fully saturated rings. The molecule has 0 unspecified atom stereocenters. The molecule has 1 aromatic carbocycles. The van der Waals surface area contributed by atoms with Gasteiger partial charge in [0, 0.05) is 18.2 Å². The number of nitrogens with one attached hydrogen (secondary N) is 1. The maximum absolute atomic E-state index is 12.8. The van der Waals surface area contributed by atoms with Crippen molar-refractivity contribution in [3.8, 4) is 11.4 Å². The van der Waals surface area contributed by atoms with Crippen molar-refractivity contribution in [3.63, 3.8) is 0 Å². The highest BCUT2D eigenvalue weighted by Crippen LogP contribution is 2.28. The van der Waals surface area contributed by atoms with Gasteiger partial charge >= 0.3 is 0 Å². The molecule has 3 heterocycles. The van der Waals surface area contributed by atoms with Crippen LogP contribution in [0.2, 0.25) is 0 Å². The summed E-state index contributed by atoms with van der Waals surface area (Å²) in [4.78, 5) is 17.6. The highest BCUT2D eigenvalue weighted by Gasteiger charge is 2.24. The van der Waals surface area contributed by atoms with Gasteiger partial charge in [0.1, 0.15) is 17.3 Å². The number of imidazole rings is 1. The number of benzene rings is 1. The van der Waals surface area contributed by atoms with Gasteiger partial charge in [-0.3, -0.25) is 4.79 Å². The van der Waals surface area contributed by atoms with E-state index in [-0.39, 0.29) is 5.91 Å². The fourth-order valence-corrected chi connectivity index (χ4v) is 3.43. The van der Waals surface area contributed by atoms with Crippen LogP contribution in [0, 0.1) is 13.8 Å². The molecule has 0 atom stereocenters. The van der Waals surface area contributed by atoms with Gasteiger partial charge in [-0.1, -0.05) is 41.4 Å². The summed E-state index contributed by atoms with van der Waals surface area (Å²) >= 11 is 0. The largest absolute Gasteiger partial charge is 0.360 e. The van der Waals surface area contributed by atoms with E-state index in [1.807, 2.05) is 0 Å². The van der Waals surface area contributed by atoms with Gasteiger partial charge in [-0.25, -0.2) is 4.98 Å². The van der Waals surface area contributed by atoms with Gasteiger partial charge in [-0.05, 0) is 33.1 Å². The lowest BCUT2D eigenvalue weighted by atomic mass is 10.1. The van der Waals surface area contributed by atoms with Crippen LogP contribution in [-0.4, -0.2) is 20.6 Å². The van der Waals surface area contributed by atoms with E-state index in [1.165, 1.54) is 12.0 Å². The number of rotatable bonds is 3. The quantitative estimate of drug-likeness (QED) is 0.771. The Morgan fingerprint density at radius 3 is 2.69 bits per heavy atom. The topological polar surface area (TPSA) is 73.0 Å². The summed E-state index contributed by atoms with van der Waals surface area (Å²) in [6.45, 7) is 4.75. The van der Waals surface area contributed by atoms with Crippen LogP contribution in [0.1, 0.15) is 46.8 Å². The average Bonchev–Trinajstić information content (AvgIpc) is 3.10. The average molecular weight is 350 g/mol.